The van der Waals surface area contributed by atoms with Crippen LogP contribution in [0.4, 0.5) is 11.4 Å². The largest absolute Gasteiger partial charge is 0.397 e. The maximum Gasteiger partial charge on any atom is 0.229 e. The van der Waals surface area contributed by atoms with Gasteiger partial charge in [-0.3, -0.25) is 4.79 Å². The third-order valence-corrected chi connectivity index (χ3v) is 2.94. The Labute approximate surface area is 103 Å². The smallest absolute Gasteiger partial charge is 0.229 e. The van der Waals surface area contributed by atoms with E-state index in [9.17, 15) is 9.90 Å². The number of halogens is 2. The molecule has 1 aliphatic rings. The molecule has 16 heavy (non-hydrogen) atoms. The topological polar surface area (TPSA) is 66.6 Å². The summed E-state index contributed by atoms with van der Waals surface area (Å²) in [4.78, 5) is 13.0. The zero-order valence-electron chi connectivity index (χ0n) is 8.28. The van der Waals surface area contributed by atoms with Crippen LogP contribution in [0.5, 0.6) is 0 Å². The standard InChI is InChI=1S/C10H10Cl2N2O2/c11-5-1-7(12)10(8(13)2-5)14-4-6(15)3-9(14)16/h1-2,6,15H,3-4,13H2. The fraction of sp³-hybridized carbons (Fsp3) is 0.300. The molecule has 0 bridgehead atoms. The molecule has 2 rings (SSSR count). The summed E-state index contributed by atoms with van der Waals surface area (Å²) in [7, 11) is 0. The van der Waals surface area contributed by atoms with Crippen molar-refractivity contribution in [3.05, 3.63) is 22.2 Å². The molecule has 1 atom stereocenters. The van der Waals surface area contributed by atoms with Crippen molar-refractivity contribution < 1.29 is 9.90 Å². The first-order chi connectivity index (χ1) is 7.49. The van der Waals surface area contributed by atoms with E-state index in [0.717, 1.165) is 0 Å². The third-order valence-electron chi connectivity index (χ3n) is 2.43. The lowest BCUT2D eigenvalue weighted by molar-refractivity contribution is -0.117. The minimum Gasteiger partial charge on any atom is -0.397 e. The number of β-amino-alcohol motifs (C(OH)–C–C–N with tert-alkyl or cyclic N) is 1. The molecule has 1 amide bonds. The molecule has 1 heterocycles. The van der Waals surface area contributed by atoms with Gasteiger partial charge in [-0.25, -0.2) is 0 Å². The van der Waals surface area contributed by atoms with Crippen molar-refractivity contribution in [3.8, 4) is 0 Å². The summed E-state index contributed by atoms with van der Waals surface area (Å²) in [6.07, 6.45) is -0.572. The van der Waals surface area contributed by atoms with Crippen LogP contribution in [0.25, 0.3) is 0 Å². The van der Waals surface area contributed by atoms with Crippen molar-refractivity contribution in [2.45, 2.75) is 12.5 Å². The molecule has 4 nitrogen and oxygen atoms in total. The molecule has 1 aromatic rings. The maximum absolute atomic E-state index is 11.6. The SMILES string of the molecule is Nc1cc(Cl)cc(Cl)c1N1CC(O)CC1=O. The van der Waals surface area contributed by atoms with Crippen LogP contribution in [0, 0.1) is 0 Å². The number of aliphatic hydroxyl groups excluding tert-OH is 1. The summed E-state index contributed by atoms with van der Waals surface area (Å²) in [6.45, 7) is 0.213. The van der Waals surface area contributed by atoms with E-state index in [1.807, 2.05) is 0 Å². The summed E-state index contributed by atoms with van der Waals surface area (Å²) >= 11 is 11.8. The second-order valence-corrected chi connectivity index (χ2v) is 4.53. The van der Waals surface area contributed by atoms with Gasteiger partial charge in [0.1, 0.15) is 0 Å². The number of carbonyl (C=O) groups is 1. The van der Waals surface area contributed by atoms with Crippen molar-refractivity contribution in [2.24, 2.45) is 0 Å². The van der Waals surface area contributed by atoms with Crippen LogP contribution in [0.15, 0.2) is 12.1 Å². The zero-order valence-corrected chi connectivity index (χ0v) is 9.79. The molecule has 1 aliphatic heterocycles. The number of anilines is 2. The predicted octanol–water partition coefficient (Wildman–Crippen LogP) is 1.67. The molecule has 0 radical (unpaired) electrons. The number of carbonyl (C=O) groups excluding carboxylic acids is 1. The van der Waals surface area contributed by atoms with Crippen LogP contribution in [0.1, 0.15) is 6.42 Å². The average molecular weight is 261 g/mol. The first kappa shape index (κ1) is 11.5. The van der Waals surface area contributed by atoms with Crippen LogP contribution >= 0.6 is 23.2 Å². The van der Waals surface area contributed by atoms with Crippen LogP contribution < -0.4 is 10.6 Å². The van der Waals surface area contributed by atoms with Crippen LogP contribution in [0.3, 0.4) is 0 Å². The number of hydrogen-bond acceptors (Lipinski definition) is 3. The number of rotatable bonds is 1. The van der Waals surface area contributed by atoms with Gasteiger partial charge >= 0.3 is 0 Å². The molecule has 3 N–H and O–H groups in total. The van der Waals surface area contributed by atoms with Crippen molar-refractivity contribution in [1.82, 2.24) is 0 Å². The van der Waals surface area contributed by atoms with Gasteiger partial charge in [-0.15, -0.1) is 0 Å². The molecule has 0 aliphatic carbocycles. The van der Waals surface area contributed by atoms with E-state index in [1.54, 1.807) is 0 Å². The predicted molar refractivity (Wildman–Crippen MR) is 63.9 cm³/mol. The Morgan fingerprint density at radius 1 is 1.44 bits per heavy atom. The third kappa shape index (κ3) is 1.96. The Morgan fingerprint density at radius 2 is 2.12 bits per heavy atom. The van der Waals surface area contributed by atoms with E-state index in [2.05, 4.69) is 0 Å². The lowest BCUT2D eigenvalue weighted by atomic mass is 10.2. The lowest BCUT2D eigenvalue weighted by Crippen LogP contribution is -2.26. The van der Waals surface area contributed by atoms with E-state index >= 15 is 0 Å². The Bertz CT molecular complexity index is 427. The number of nitrogen functional groups attached to an aromatic ring is 1. The number of aliphatic hydroxyl groups is 1. The number of benzene rings is 1. The second-order valence-electron chi connectivity index (χ2n) is 3.69. The van der Waals surface area contributed by atoms with Crippen molar-refractivity contribution in [2.75, 3.05) is 17.2 Å². The second kappa shape index (κ2) is 4.13. The van der Waals surface area contributed by atoms with Gasteiger partial charge < -0.3 is 15.7 Å². The van der Waals surface area contributed by atoms with Crippen molar-refractivity contribution in [3.63, 3.8) is 0 Å². The number of nitrogens with two attached hydrogens (primary N) is 1. The van der Waals surface area contributed by atoms with Crippen LogP contribution in [-0.2, 0) is 4.79 Å². The van der Waals surface area contributed by atoms with Gasteiger partial charge in [-0.1, -0.05) is 23.2 Å². The molecule has 1 saturated heterocycles. The molecule has 86 valence electrons. The molecular weight excluding hydrogens is 251 g/mol. The Hall–Kier alpha value is -0.970. The Balaban J connectivity index is 2.44. The van der Waals surface area contributed by atoms with E-state index < -0.39 is 6.10 Å². The molecule has 0 spiro atoms. The monoisotopic (exact) mass is 260 g/mol. The number of amides is 1. The molecule has 1 aromatic carbocycles. The first-order valence-corrected chi connectivity index (χ1v) is 5.47. The highest BCUT2D eigenvalue weighted by Crippen LogP contribution is 2.37. The minimum absolute atomic E-state index is 0.0956. The molecule has 6 heteroatoms. The van der Waals surface area contributed by atoms with Gasteiger partial charge in [0, 0.05) is 5.02 Å². The van der Waals surface area contributed by atoms with Gasteiger partial charge in [-0.2, -0.15) is 0 Å². The molecule has 0 saturated carbocycles. The first-order valence-electron chi connectivity index (χ1n) is 4.72. The number of nitrogens with zero attached hydrogens (tertiary/aromatic N) is 1. The molecule has 0 aromatic heterocycles. The van der Waals surface area contributed by atoms with Gasteiger partial charge in [0.05, 0.1) is 35.5 Å². The van der Waals surface area contributed by atoms with E-state index in [4.69, 9.17) is 28.9 Å². The van der Waals surface area contributed by atoms with E-state index in [0.29, 0.717) is 21.4 Å². The van der Waals surface area contributed by atoms with Crippen LogP contribution in [0.2, 0.25) is 10.0 Å². The summed E-state index contributed by atoms with van der Waals surface area (Å²) < 4.78 is 0. The Kier molecular flexibility index (Phi) is 2.97. The highest BCUT2D eigenvalue weighted by Gasteiger charge is 2.31. The normalized spacial score (nSPS) is 20.6. The van der Waals surface area contributed by atoms with Crippen LogP contribution in [-0.4, -0.2) is 23.7 Å². The molecular formula is C10H10Cl2N2O2. The summed E-state index contributed by atoms with van der Waals surface area (Å²) in [6, 6.07) is 3.05. The van der Waals surface area contributed by atoms with Gasteiger partial charge in [0.15, 0.2) is 0 Å². The van der Waals surface area contributed by atoms with Gasteiger partial charge in [0.2, 0.25) is 5.91 Å². The molecule has 1 fully saturated rings. The summed E-state index contributed by atoms with van der Waals surface area (Å²) in [5.74, 6) is -0.191. The van der Waals surface area contributed by atoms with Gasteiger partial charge in [-0.05, 0) is 12.1 Å². The lowest BCUT2D eigenvalue weighted by Gasteiger charge is -2.19. The van der Waals surface area contributed by atoms with E-state index in [-0.39, 0.29) is 18.9 Å². The summed E-state index contributed by atoms with van der Waals surface area (Å²) in [5.41, 5.74) is 6.52. The highest BCUT2D eigenvalue weighted by atomic mass is 35.5. The minimum atomic E-state index is -0.668. The fourth-order valence-electron chi connectivity index (χ4n) is 1.78. The maximum atomic E-state index is 11.6. The Morgan fingerprint density at radius 3 is 2.62 bits per heavy atom. The zero-order chi connectivity index (χ0) is 11.9. The summed E-state index contributed by atoms with van der Waals surface area (Å²) in [5, 5.41) is 10.1. The fourth-order valence-corrected chi connectivity index (χ4v) is 2.39. The van der Waals surface area contributed by atoms with Gasteiger partial charge in [0.25, 0.3) is 0 Å². The van der Waals surface area contributed by atoms with Crippen molar-refractivity contribution >= 4 is 40.5 Å². The quantitative estimate of drug-likeness (QED) is 0.756. The number of hydrogen-bond donors (Lipinski definition) is 2. The average Bonchev–Trinajstić information content (AvgIpc) is 2.43. The van der Waals surface area contributed by atoms with Crippen molar-refractivity contribution in [1.29, 1.82) is 0 Å². The van der Waals surface area contributed by atoms with E-state index in [1.165, 1.54) is 17.0 Å². The highest BCUT2D eigenvalue weighted by molar-refractivity contribution is 6.37. The molecule has 1 unspecified atom stereocenters.